The number of hydrogen-bond donors (Lipinski definition) is 0. The Morgan fingerprint density at radius 1 is 1.20 bits per heavy atom. The van der Waals surface area contributed by atoms with Crippen LogP contribution in [0.25, 0.3) is 21.8 Å². The largest absolute Gasteiger partial charge is 0.272 e. The molecule has 0 fully saturated rings. The second kappa shape index (κ2) is 8.31. The molecule has 0 unspecified atom stereocenters. The average Bonchev–Trinajstić information content (AvgIpc) is 3.06. The topological polar surface area (TPSA) is 68.9 Å². The van der Waals surface area contributed by atoms with Gasteiger partial charge in [-0.2, -0.15) is 0 Å². The summed E-state index contributed by atoms with van der Waals surface area (Å²) in [6, 6.07) is 9.22. The summed E-state index contributed by atoms with van der Waals surface area (Å²) < 4.78 is 0. The molecule has 0 aliphatic carbocycles. The molecule has 3 aromatic rings. The molecule has 2 heterocycles. The van der Waals surface area contributed by atoms with E-state index in [1.807, 2.05) is 17.5 Å². The van der Waals surface area contributed by atoms with E-state index in [2.05, 4.69) is 23.0 Å². The maximum absolute atomic E-state index is 11.1. The van der Waals surface area contributed by atoms with Gasteiger partial charge in [-0.05, 0) is 25.5 Å². The highest BCUT2D eigenvalue weighted by molar-refractivity contribution is 8.93. The molecule has 7 heteroatoms. The lowest BCUT2D eigenvalue weighted by atomic mass is 10.1. The fraction of sp³-hybridized carbons (Fsp3) is 0.222. The molecule has 0 radical (unpaired) electrons. The van der Waals surface area contributed by atoms with E-state index in [1.54, 1.807) is 25.3 Å². The van der Waals surface area contributed by atoms with Crippen LogP contribution in [0.5, 0.6) is 0 Å². The first-order valence-corrected chi connectivity index (χ1v) is 8.62. The van der Waals surface area contributed by atoms with Gasteiger partial charge in [-0.15, -0.1) is 28.3 Å². The summed E-state index contributed by atoms with van der Waals surface area (Å²) in [5, 5.41) is 13.9. The monoisotopic (exact) mass is 419 g/mol. The number of rotatable bonds is 5. The van der Waals surface area contributed by atoms with Gasteiger partial charge in [0.1, 0.15) is 5.01 Å². The molecule has 3 rings (SSSR count). The Morgan fingerprint density at radius 2 is 2.00 bits per heavy atom. The standard InChI is InChI=1S/C18H17N3O2S.BrH/c1-3-4-15-9-14(7-8-19-15)18-20-16(11-24-18)13-6-5-12(2)17(10-13)21(22)23;/h5-11H,3-4H2,1-2H3;1H. The summed E-state index contributed by atoms with van der Waals surface area (Å²) in [7, 11) is 0. The fourth-order valence-electron chi connectivity index (χ4n) is 2.51. The molecule has 0 aliphatic heterocycles. The first-order chi connectivity index (χ1) is 11.6. The van der Waals surface area contributed by atoms with Gasteiger partial charge in [0.05, 0.1) is 10.6 Å². The maximum Gasteiger partial charge on any atom is 0.272 e. The minimum Gasteiger partial charge on any atom is -0.261 e. The zero-order chi connectivity index (χ0) is 17.1. The van der Waals surface area contributed by atoms with Crippen LogP contribution in [0.3, 0.4) is 0 Å². The van der Waals surface area contributed by atoms with Crippen molar-refractivity contribution in [2.45, 2.75) is 26.7 Å². The molecule has 0 bridgehead atoms. The lowest BCUT2D eigenvalue weighted by Crippen LogP contribution is -1.92. The van der Waals surface area contributed by atoms with Gasteiger partial charge in [-0.25, -0.2) is 4.98 Å². The molecule has 0 atom stereocenters. The van der Waals surface area contributed by atoms with Crippen molar-refractivity contribution < 1.29 is 4.92 Å². The lowest BCUT2D eigenvalue weighted by molar-refractivity contribution is -0.385. The van der Waals surface area contributed by atoms with Gasteiger partial charge in [0.2, 0.25) is 0 Å². The van der Waals surface area contributed by atoms with Crippen LogP contribution in [0.4, 0.5) is 5.69 Å². The van der Waals surface area contributed by atoms with E-state index in [0.29, 0.717) is 5.56 Å². The lowest BCUT2D eigenvalue weighted by Gasteiger charge is -2.01. The molecule has 1 aromatic carbocycles. The van der Waals surface area contributed by atoms with Gasteiger partial charge in [0.25, 0.3) is 5.69 Å². The smallest absolute Gasteiger partial charge is 0.261 e. The minimum atomic E-state index is -0.355. The SMILES string of the molecule is Br.CCCc1cc(-c2nc(-c3ccc(C)c([N+](=O)[O-])c3)cs2)ccn1. The number of nitrogens with zero attached hydrogens (tertiary/aromatic N) is 3. The van der Waals surface area contributed by atoms with Gasteiger partial charge in [-0.1, -0.05) is 25.5 Å². The van der Waals surface area contributed by atoms with Crippen LogP contribution >= 0.6 is 28.3 Å². The van der Waals surface area contributed by atoms with Gasteiger partial charge in [-0.3, -0.25) is 15.1 Å². The number of pyridine rings is 1. The highest BCUT2D eigenvalue weighted by Crippen LogP contribution is 2.31. The number of thiazole rings is 1. The van der Waals surface area contributed by atoms with E-state index in [9.17, 15) is 10.1 Å². The summed E-state index contributed by atoms with van der Waals surface area (Å²) in [5.41, 5.74) is 4.38. The molecule has 5 nitrogen and oxygen atoms in total. The number of aromatic nitrogens is 2. The zero-order valence-electron chi connectivity index (χ0n) is 13.9. The van der Waals surface area contributed by atoms with Crippen molar-refractivity contribution in [2.75, 3.05) is 0 Å². The number of aryl methyl sites for hydroxylation is 2. The van der Waals surface area contributed by atoms with Crippen LogP contribution < -0.4 is 0 Å². The summed E-state index contributed by atoms with van der Waals surface area (Å²) in [5.74, 6) is 0. The Labute approximate surface area is 160 Å². The van der Waals surface area contributed by atoms with Crippen LogP contribution in [0.1, 0.15) is 24.6 Å². The molecule has 0 spiro atoms. The number of halogens is 1. The summed E-state index contributed by atoms with van der Waals surface area (Å²) in [4.78, 5) is 19.8. The van der Waals surface area contributed by atoms with Crippen LogP contribution in [-0.2, 0) is 6.42 Å². The summed E-state index contributed by atoms with van der Waals surface area (Å²) >= 11 is 1.53. The molecule has 130 valence electrons. The number of benzene rings is 1. The van der Waals surface area contributed by atoms with Gasteiger partial charge < -0.3 is 0 Å². The van der Waals surface area contributed by atoms with E-state index in [1.165, 1.54) is 11.3 Å². The molecular formula is C18H18BrN3O2S. The van der Waals surface area contributed by atoms with Crippen LogP contribution in [0.2, 0.25) is 0 Å². The predicted octanol–water partition coefficient (Wildman–Crippen LogP) is 5.62. The number of nitro benzene ring substituents is 1. The fourth-order valence-corrected chi connectivity index (χ4v) is 3.33. The molecule has 0 amide bonds. The van der Waals surface area contributed by atoms with Crippen molar-refractivity contribution >= 4 is 34.0 Å². The Bertz CT molecular complexity index is 896. The van der Waals surface area contributed by atoms with E-state index < -0.39 is 0 Å². The first-order valence-electron chi connectivity index (χ1n) is 7.74. The Morgan fingerprint density at radius 3 is 2.72 bits per heavy atom. The van der Waals surface area contributed by atoms with E-state index in [-0.39, 0.29) is 27.6 Å². The predicted molar refractivity (Wildman–Crippen MR) is 106 cm³/mol. The van der Waals surface area contributed by atoms with Crippen LogP contribution in [-0.4, -0.2) is 14.9 Å². The second-order valence-electron chi connectivity index (χ2n) is 5.58. The van der Waals surface area contributed by atoms with Crippen molar-refractivity contribution in [1.29, 1.82) is 0 Å². The zero-order valence-corrected chi connectivity index (χ0v) is 16.5. The highest BCUT2D eigenvalue weighted by atomic mass is 79.9. The number of hydrogen-bond acceptors (Lipinski definition) is 5. The van der Waals surface area contributed by atoms with Crippen LogP contribution in [0.15, 0.2) is 41.9 Å². The molecule has 25 heavy (non-hydrogen) atoms. The van der Waals surface area contributed by atoms with E-state index >= 15 is 0 Å². The third-order valence-corrected chi connectivity index (χ3v) is 4.67. The van der Waals surface area contributed by atoms with E-state index in [0.717, 1.165) is 40.4 Å². The molecular weight excluding hydrogens is 402 g/mol. The third kappa shape index (κ3) is 4.29. The average molecular weight is 420 g/mol. The molecule has 0 saturated carbocycles. The Hall–Kier alpha value is -2.12. The molecule has 2 aromatic heterocycles. The van der Waals surface area contributed by atoms with Crippen molar-refractivity contribution in [3.8, 4) is 21.8 Å². The molecule has 0 saturated heterocycles. The quantitative estimate of drug-likeness (QED) is 0.397. The Kier molecular flexibility index (Phi) is 6.39. The highest BCUT2D eigenvalue weighted by Gasteiger charge is 2.14. The number of nitro groups is 1. The molecule has 0 N–H and O–H groups in total. The van der Waals surface area contributed by atoms with Crippen molar-refractivity contribution in [2.24, 2.45) is 0 Å². The van der Waals surface area contributed by atoms with Crippen molar-refractivity contribution in [3.05, 3.63) is 63.3 Å². The molecule has 0 aliphatic rings. The van der Waals surface area contributed by atoms with E-state index in [4.69, 9.17) is 0 Å². The third-order valence-electron chi connectivity index (χ3n) is 3.78. The van der Waals surface area contributed by atoms with Crippen molar-refractivity contribution in [3.63, 3.8) is 0 Å². The van der Waals surface area contributed by atoms with Crippen molar-refractivity contribution in [1.82, 2.24) is 9.97 Å². The summed E-state index contributed by atoms with van der Waals surface area (Å²) in [6.07, 6.45) is 3.79. The van der Waals surface area contributed by atoms with Crippen LogP contribution in [0, 0.1) is 17.0 Å². The van der Waals surface area contributed by atoms with Gasteiger partial charge in [0, 0.05) is 40.0 Å². The second-order valence-corrected chi connectivity index (χ2v) is 6.44. The summed E-state index contributed by atoms with van der Waals surface area (Å²) in [6.45, 7) is 3.86. The maximum atomic E-state index is 11.1. The normalized spacial score (nSPS) is 10.3. The first kappa shape index (κ1) is 19.2. The Balaban J connectivity index is 0.00000225. The van der Waals surface area contributed by atoms with Gasteiger partial charge in [0.15, 0.2) is 0 Å². The minimum absolute atomic E-state index is 0. The van der Waals surface area contributed by atoms with Gasteiger partial charge >= 0.3 is 0 Å².